The van der Waals surface area contributed by atoms with Crippen molar-refractivity contribution < 1.29 is 8.78 Å². The van der Waals surface area contributed by atoms with Crippen molar-refractivity contribution in [1.82, 2.24) is 4.98 Å². The number of pyridine rings is 1. The molecule has 0 saturated heterocycles. The second-order valence-electron chi connectivity index (χ2n) is 3.71. The second kappa shape index (κ2) is 5.23. The number of benzene rings is 1. The van der Waals surface area contributed by atoms with Gasteiger partial charge in [0.1, 0.15) is 5.15 Å². The first-order valence-electron chi connectivity index (χ1n) is 5.12. The molecule has 0 radical (unpaired) electrons. The first kappa shape index (κ1) is 12.0. The maximum atomic E-state index is 12.5. The van der Waals surface area contributed by atoms with Crippen molar-refractivity contribution in [3.8, 4) is 0 Å². The molecule has 0 fully saturated rings. The van der Waals surface area contributed by atoms with Crippen molar-refractivity contribution in [2.75, 3.05) is 0 Å². The van der Waals surface area contributed by atoms with Gasteiger partial charge in [0, 0.05) is 11.8 Å². The van der Waals surface area contributed by atoms with E-state index in [1.807, 2.05) is 12.1 Å². The predicted molar refractivity (Wildman–Crippen MR) is 63.5 cm³/mol. The van der Waals surface area contributed by atoms with Crippen molar-refractivity contribution in [2.24, 2.45) is 0 Å². The lowest BCUT2D eigenvalue weighted by Crippen LogP contribution is -1.92. The molecule has 0 aliphatic carbocycles. The lowest BCUT2D eigenvalue weighted by molar-refractivity contribution is 0.151. The molecule has 1 nitrogen and oxygen atoms in total. The van der Waals surface area contributed by atoms with E-state index >= 15 is 0 Å². The van der Waals surface area contributed by atoms with Crippen LogP contribution in [0.15, 0.2) is 42.6 Å². The molecule has 0 amide bonds. The number of hydrogen-bond acceptors (Lipinski definition) is 1. The molecule has 0 saturated carbocycles. The molecule has 4 heteroatoms. The molecule has 0 bridgehead atoms. The zero-order chi connectivity index (χ0) is 12.3. The van der Waals surface area contributed by atoms with Crippen LogP contribution in [0.4, 0.5) is 8.78 Å². The molecule has 0 aliphatic rings. The molecule has 0 N–H and O–H groups in total. The van der Waals surface area contributed by atoms with Gasteiger partial charge in [-0.2, -0.15) is 0 Å². The molecule has 1 heterocycles. The summed E-state index contributed by atoms with van der Waals surface area (Å²) >= 11 is 5.67. The molecule has 0 spiro atoms. The molecule has 0 unspecified atom stereocenters. The van der Waals surface area contributed by atoms with E-state index in [0.717, 1.165) is 11.1 Å². The lowest BCUT2D eigenvalue weighted by Gasteiger charge is -2.04. The summed E-state index contributed by atoms with van der Waals surface area (Å²) in [6, 6.07) is 9.92. The standard InChI is InChI=1S/C13H10ClF2N/c14-12-5-4-10(8-17-12)6-9-2-1-3-11(7-9)13(15)16/h1-5,7-8,13H,6H2. The lowest BCUT2D eigenvalue weighted by atomic mass is 10.0. The van der Waals surface area contributed by atoms with Gasteiger partial charge in [-0.3, -0.25) is 0 Å². The third-order valence-corrected chi connectivity index (χ3v) is 2.62. The summed E-state index contributed by atoms with van der Waals surface area (Å²) in [6.45, 7) is 0. The Morgan fingerprint density at radius 2 is 1.94 bits per heavy atom. The topological polar surface area (TPSA) is 12.9 Å². The zero-order valence-corrected chi connectivity index (χ0v) is 9.66. The predicted octanol–water partition coefficient (Wildman–Crippen LogP) is 4.26. The van der Waals surface area contributed by atoms with Crippen LogP contribution in [0.25, 0.3) is 0 Å². The molecule has 1 aromatic carbocycles. The number of alkyl halides is 2. The van der Waals surface area contributed by atoms with E-state index in [1.54, 1.807) is 18.3 Å². The molecule has 88 valence electrons. The summed E-state index contributed by atoms with van der Waals surface area (Å²) in [5.41, 5.74) is 1.83. The Hall–Kier alpha value is -1.48. The summed E-state index contributed by atoms with van der Waals surface area (Å²) in [5.74, 6) is 0. The Labute approximate surface area is 103 Å². The SMILES string of the molecule is FC(F)c1cccc(Cc2ccc(Cl)nc2)c1. The molecule has 1 aromatic heterocycles. The van der Waals surface area contributed by atoms with Gasteiger partial charge in [0.2, 0.25) is 0 Å². The fourth-order valence-corrected chi connectivity index (χ4v) is 1.70. The van der Waals surface area contributed by atoms with Crippen LogP contribution in [0, 0.1) is 0 Å². The highest BCUT2D eigenvalue weighted by atomic mass is 35.5. The van der Waals surface area contributed by atoms with Crippen LogP contribution < -0.4 is 0 Å². The summed E-state index contributed by atoms with van der Waals surface area (Å²) < 4.78 is 25.0. The van der Waals surface area contributed by atoms with Gasteiger partial charge in [0.05, 0.1) is 0 Å². The van der Waals surface area contributed by atoms with Crippen molar-refractivity contribution in [3.63, 3.8) is 0 Å². The molecule has 17 heavy (non-hydrogen) atoms. The quantitative estimate of drug-likeness (QED) is 0.745. The van der Waals surface area contributed by atoms with Crippen LogP contribution in [0.5, 0.6) is 0 Å². The normalized spacial score (nSPS) is 10.8. The van der Waals surface area contributed by atoms with Gasteiger partial charge in [0.15, 0.2) is 0 Å². The molecule has 0 aliphatic heterocycles. The molecular weight excluding hydrogens is 244 g/mol. The number of halogens is 3. The van der Waals surface area contributed by atoms with Gasteiger partial charge in [-0.05, 0) is 29.7 Å². The van der Waals surface area contributed by atoms with E-state index in [-0.39, 0.29) is 5.56 Å². The van der Waals surface area contributed by atoms with E-state index in [0.29, 0.717) is 11.6 Å². The van der Waals surface area contributed by atoms with E-state index in [2.05, 4.69) is 4.98 Å². The van der Waals surface area contributed by atoms with Crippen LogP contribution in [0.1, 0.15) is 23.1 Å². The Balaban J connectivity index is 2.18. The molecule has 2 aromatic rings. The first-order chi connectivity index (χ1) is 8.15. The van der Waals surface area contributed by atoms with Crippen LogP contribution in [-0.2, 0) is 6.42 Å². The first-order valence-corrected chi connectivity index (χ1v) is 5.50. The van der Waals surface area contributed by atoms with Crippen molar-refractivity contribution in [3.05, 3.63) is 64.4 Å². The van der Waals surface area contributed by atoms with Crippen LogP contribution in [-0.4, -0.2) is 4.98 Å². The Morgan fingerprint density at radius 1 is 1.12 bits per heavy atom. The van der Waals surface area contributed by atoms with Crippen LogP contribution in [0.3, 0.4) is 0 Å². The van der Waals surface area contributed by atoms with Crippen molar-refractivity contribution >= 4 is 11.6 Å². The van der Waals surface area contributed by atoms with Gasteiger partial charge in [-0.15, -0.1) is 0 Å². The highest BCUT2D eigenvalue weighted by Crippen LogP contribution is 2.20. The largest absolute Gasteiger partial charge is 0.263 e. The number of nitrogens with zero attached hydrogens (tertiary/aromatic N) is 1. The minimum Gasteiger partial charge on any atom is -0.244 e. The third-order valence-electron chi connectivity index (χ3n) is 2.40. The maximum absolute atomic E-state index is 12.5. The van der Waals surface area contributed by atoms with Gasteiger partial charge >= 0.3 is 0 Å². The molecular formula is C13H10ClF2N. The summed E-state index contributed by atoms with van der Waals surface area (Å²) in [5, 5.41) is 0.426. The fourth-order valence-electron chi connectivity index (χ4n) is 1.59. The number of rotatable bonds is 3. The van der Waals surface area contributed by atoms with E-state index < -0.39 is 6.43 Å². The Bertz CT molecular complexity index is 497. The molecule has 2 rings (SSSR count). The second-order valence-corrected chi connectivity index (χ2v) is 4.10. The summed E-state index contributed by atoms with van der Waals surface area (Å²) in [7, 11) is 0. The summed E-state index contributed by atoms with van der Waals surface area (Å²) in [6.07, 6.45) is -0.208. The smallest absolute Gasteiger partial charge is 0.244 e. The van der Waals surface area contributed by atoms with Crippen molar-refractivity contribution in [1.29, 1.82) is 0 Å². The Morgan fingerprint density at radius 3 is 2.59 bits per heavy atom. The highest BCUT2D eigenvalue weighted by Gasteiger charge is 2.07. The highest BCUT2D eigenvalue weighted by molar-refractivity contribution is 6.29. The van der Waals surface area contributed by atoms with E-state index in [1.165, 1.54) is 12.1 Å². The van der Waals surface area contributed by atoms with Crippen LogP contribution >= 0.6 is 11.6 Å². The molecule has 0 atom stereocenters. The monoisotopic (exact) mass is 253 g/mol. The third kappa shape index (κ3) is 3.24. The Kier molecular flexibility index (Phi) is 3.69. The van der Waals surface area contributed by atoms with Gasteiger partial charge in [-0.25, -0.2) is 13.8 Å². The van der Waals surface area contributed by atoms with Gasteiger partial charge in [0.25, 0.3) is 6.43 Å². The number of hydrogen-bond donors (Lipinski definition) is 0. The minimum atomic E-state index is -2.43. The van der Waals surface area contributed by atoms with E-state index in [4.69, 9.17) is 11.6 Å². The maximum Gasteiger partial charge on any atom is 0.263 e. The fraction of sp³-hybridized carbons (Fsp3) is 0.154. The van der Waals surface area contributed by atoms with Gasteiger partial charge in [-0.1, -0.05) is 35.9 Å². The zero-order valence-electron chi connectivity index (χ0n) is 8.91. The average Bonchev–Trinajstić information content (AvgIpc) is 2.32. The average molecular weight is 254 g/mol. The van der Waals surface area contributed by atoms with E-state index in [9.17, 15) is 8.78 Å². The summed E-state index contributed by atoms with van der Waals surface area (Å²) in [4.78, 5) is 3.95. The van der Waals surface area contributed by atoms with Gasteiger partial charge < -0.3 is 0 Å². The number of aromatic nitrogens is 1. The van der Waals surface area contributed by atoms with Crippen LogP contribution in [0.2, 0.25) is 5.15 Å². The minimum absolute atomic E-state index is 0.0458. The van der Waals surface area contributed by atoms with Crippen molar-refractivity contribution in [2.45, 2.75) is 12.8 Å².